The maximum absolute atomic E-state index is 13.0. The van der Waals surface area contributed by atoms with Crippen molar-refractivity contribution in [1.29, 1.82) is 0 Å². The Morgan fingerprint density at radius 3 is 2.94 bits per heavy atom. The van der Waals surface area contributed by atoms with Gasteiger partial charge in [0.15, 0.2) is 0 Å². The van der Waals surface area contributed by atoms with Crippen molar-refractivity contribution in [1.82, 2.24) is 0 Å². The van der Waals surface area contributed by atoms with E-state index in [1.165, 1.54) is 0 Å². The second kappa shape index (κ2) is 4.12. The highest BCUT2D eigenvalue weighted by Gasteiger charge is 2.47. The summed E-state index contributed by atoms with van der Waals surface area (Å²) < 4.78 is 18.7. The number of hydrogen-bond donors (Lipinski definition) is 0. The second-order valence-corrected chi connectivity index (χ2v) is 5.28. The van der Waals surface area contributed by atoms with Crippen LogP contribution in [0.2, 0.25) is 5.02 Å². The lowest BCUT2D eigenvalue weighted by Crippen LogP contribution is -2.43. The van der Waals surface area contributed by atoms with E-state index in [-0.39, 0.29) is 12.0 Å². The molecule has 0 saturated heterocycles. The third kappa shape index (κ3) is 1.94. The van der Waals surface area contributed by atoms with Crippen molar-refractivity contribution in [2.24, 2.45) is 5.92 Å². The molecule has 1 fully saturated rings. The van der Waals surface area contributed by atoms with Crippen LogP contribution in [0.3, 0.4) is 0 Å². The van der Waals surface area contributed by atoms with E-state index in [0.29, 0.717) is 29.4 Å². The molecule has 1 aliphatic heterocycles. The topological polar surface area (TPSA) is 29.5 Å². The van der Waals surface area contributed by atoms with Gasteiger partial charge in [-0.3, -0.25) is 4.79 Å². The number of rotatable bonds is 1. The van der Waals surface area contributed by atoms with Crippen molar-refractivity contribution in [2.45, 2.75) is 25.6 Å². The van der Waals surface area contributed by atoms with E-state index in [1.54, 1.807) is 23.1 Å². The Kier molecular flexibility index (Phi) is 2.70. The summed E-state index contributed by atoms with van der Waals surface area (Å²) in [5, 5.41) is 0.539. The van der Waals surface area contributed by atoms with Gasteiger partial charge in [-0.15, -0.1) is 0 Å². The molecule has 3 nitrogen and oxygen atoms in total. The Balaban J connectivity index is 1.95. The number of carbonyl (C=O) groups excluding carboxylic acids is 1. The fourth-order valence-corrected chi connectivity index (χ4v) is 2.41. The average Bonchev–Trinajstić information content (AvgIpc) is 3.05. The van der Waals surface area contributed by atoms with Gasteiger partial charge in [0, 0.05) is 5.02 Å². The molecule has 5 heteroatoms. The molecule has 3 unspecified atom stereocenters. The second-order valence-electron chi connectivity index (χ2n) is 4.85. The van der Waals surface area contributed by atoms with E-state index in [0.717, 1.165) is 0 Å². The molecule has 18 heavy (non-hydrogen) atoms. The highest BCUT2D eigenvalue weighted by Crippen LogP contribution is 2.41. The predicted molar refractivity (Wildman–Crippen MR) is 66.9 cm³/mol. The van der Waals surface area contributed by atoms with E-state index in [2.05, 4.69) is 0 Å². The first kappa shape index (κ1) is 11.8. The summed E-state index contributed by atoms with van der Waals surface area (Å²) in [6.07, 6.45) is -0.752. The first-order valence-electron chi connectivity index (χ1n) is 5.98. The number of amides is 1. The van der Waals surface area contributed by atoms with E-state index < -0.39 is 12.1 Å². The minimum atomic E-state index is -0.988. The zero-order valence-corrected chi connectivity index (χ0v) is 10.7. The quantitative estimate of drug-likeness (QED) is 0.785. The van der Waals surface area contributed by atoms with Crippen molar-refractivity contribution in [2.75, 3.05) is 11.4 Å². The third-order valence-electron chi connectivity index (χ3n) is 3.28. The molecule has 3 rings (SSSR count). The summed E-state index contributed by atoms with van der Waals surface area (Å²) >= 11 is 5.94. The van der Waals surface area contributed by atoms with Gasteiger partial charge in [0.25, 0.3) is 0 Å². The number of nitrogens with zero attached hydrogens (tertiary/aromatic N) is 1. The minimum absolute atomic E-state index is 0.0977. The summed E-state index contributed by atoms with van der Waals surface area (Å²) in [5.74, 6) is -0.0224. The number of ether oxygens (including phenoxy) is 1. The maximum atomic E-state index is 13.0. The van der Waals surface area contributed by atoms with Crippen molar-refractivity contribution in [3.8, 4) is 5.75 Å². The Labute approximate surface area is 109 Å². The number of anilines is 1. The molecular formula is C13H13ClFNO2. The standard InChI is InChI=1S/C13H13ClFNO2/c1-7-6-16(13(17)9-5-10(9)15)11-4-8(14)2-3-12(11)18-7/h2-4,7,9-10H,5-6H2,1H3. The Morgan fingerprint density at radius 1 is 1.56 bits per heavy atom. The molecule has 1 amide bonds. The minimum Gasteiger partial charge on any atom is -0.487 e. The van der Waals surface area contributed by atoms with Crippen LogP contribution in [0.1, 0.15) is 13.3 Å². The van der Waals surface area contributed by atoms with Crippen LogP contribution in [-0.4, -0.2) is 24.7 Å². The number of alkyl halides is 1. The van der Waals surface area contributed by atoms with Gasteiger partial charge in [-0.05, 0) is 31.5 Å². The number of carbonyl (C=O) groups is 1. The summed E-state index contributed by atoms with van der Waals surface area (Å²) in [6.45, 7) is 2.33. The van der Waals surface area contributed by atoms with Crippen molar-refractivity contribution >= 4 is 23.2 Å². The van der Waals surface area contributed by atoms with Crippen LogP contribution in [0.15, 0.2) is 18.2 Å². The number of halogens is 2. The highest BCUT2D eigenvalue weighted by atomic mass is 35.5. The molecule has 2 aliphatic rings. The van der Waals surface area contributed by atoms with E-state index in [4.69, 9.17) is 16.3 Å². The van der Waals surface area contributed by atoms with Crippen molar-refractivity contribution in [3.63, 3.8) is 0 Å². The van der Waals surface area contributed by atoms with Gasteiger partial charge < -0.3 is 9.64 Å². The van der Waals surface area contributed by atoms with E-state index in [9.17, 15) is 9.18 Å². The average molecular weight is 270 g/mol. The summed E-state index contributed by atoms with van der Waals surface area (Å²) in [6, 6.07) is 5.15. The van der Waals surface area contributed by atoms with Gasteiger partial charge in [0.2, 0.25) is 5.91 Å². The van der Waals surface area contributed by atoms with Crippen molar-refractivity contribution < 1.29 is 13.9 Å². The molecule has 0 radical (unpaired) electrons. The number of benzene rings is 1. The molecule has 1 aromatic rings. The van der Waals surface area contributed by atoms with Crippen molar-refractivity contribution in [3.05, 3.63) is 23.2 Å². The lowest BCUT2D eigenvalue weighted by Gasteiger charge is -2.33. The first-order valence-corrected chi connectivity index (χ1v) is 6.35. The molecule has 3 atom stereocenters. The molecule has 1 heterocycles. The summed E-state index contributed by atoms with van der Waals surface area (Å²) in [4.78, 5) is 13.8. The first-order chi connectivity index (χ1) is 8.56. The lowest BCUT2D eigenvalue weighted by atomic mass is 10.1. The van der Waals surface area contributed by atoms with Crippen LogP contribution in [0.25, 0.3) is 0 Å². The normalized spacial score (nSPS) is 29.5. The largest absolute Gasteiger partial charge is 0.487 e. The van der Waals surface area contributed by atoms with Crippen LogP contribution < -0.4 is 9.64 Å². The monoisotopic (exact) mass is 269 g/mol. The summed E-state index contributed by atoms with van der Waals surface area (Å²) in [5.41, 5.74) is 0.643. The fraction of sp³-hybridized carbons (Fsp3) is 0.462. The van der Waals surface area contributed by atoms with Crippen LogP contribution in [0.4, 0.5) is 10.1 Å². The van der Waals surface area contributed by atoms with Crippen LogP contribution in [0.5, 0.6) is 5.75 Å². The molecular weight excluding hydrogens is 257 g/mol. The van der Waals surface area contributed by atoms with E-state index in [1.807, 2.05) is 6.92 Å². The number of fused-ring (bicyclic) bond motifs is 1. The zero-order valence-electron chi connectivity index (χ0n) is 9.90. The molecule has 96 valence electrons. The molecule has 1 aliphatic carbocycles. The third-order valence-corrected chi connectivity index (χ3v) is 3.51. The van der Waals surface area contributed by atoms with Crippen LogP contribution in [0, 0.1) is 5.92 Å². The van der Waals surface area contributed by atoms with Gasteiger partial charge in [0.1, 0.15) is 18.0 Å². The Hall–Kier alpha value is -1.29. The highest BCUT2D eigenvalue weighted by molar-refractivity contribution is 6.31. The smallest absolute Gasteiger partial charge is 0.233 e. The van der Waals surface area contributed by atoms with Gasteiger partial charge >= 0.3 is 0 Å². The fourth-order valence-electron chi connectivity index (χ4n) is 2.24. The SMILES string of the molecule is CC1CN(C(=O)C2CC2F)c2cc(Cl)ccc2O1. The van der Waals surface area contributed by atoms with Crippen LogP contribution in [-0.2, 0) is 4.79 Å². The zero-order chi connectivity index (χ0) is 12.9. The predicted octanol–water partition coefficient (Wildman–Crippen LogP) is 2.81. The maximum Gasteiger partial charge on any atom is 0.233 e. The van der Waals surface area contributed by atoms with Crippen LogP contribution >= 0.6 is 11.6 Å². The molecule has 0 aromatic heterocycles. The van der Waals surface area contributed by atoms with Gasteiger partial charge in [0.05, 0.1) is 18.2 Å². The summed E-state index contributed by atoms with van der Waals surface area (Å²) in [7, 11) is 0. The molecule has 0 N–H and O–H groups in total. The van der Waals surface area contributed by atoms with Gasteiger partial charge in [-0.1, -0.05) is 11.6 Å². The van der Waals surface area contributed by atoms with Gasteiger partial charge in [-0.25, -0.2) is 4.39 Å². The Morgan fingerprint density at radius 2 is 2.28 bits per heavy atom. The molecule has 1 aromatic carbocycles. The van der Waals surface area contributed by atoms with E-state index >= 15 is 0 Å². The molecule has 1 saturated carbocycles. The number of hydrogen-bond acceptors (Lipinski definition) is 2. The lowest BCUT2D eigenvalue weighted by molar-refractivity contribution is -0.120. The van der Waals surface area contributed by atoms with Gasteiger partial charge in [-0.2, -0.15) is 0 Å². The Bertz CT molecular complexity index is 508. The molecule has 0 bridgehead atoms. The molecule has 0 spiro atoms.